The molecule has 0 unspecified atom stereocenters. The van der Waals surface area contributed by atoms with Crippen LogP contribution in [0, 0.1) is 6.92 Å². The highest BCUT2D eigenvalue weighted by Gasteiger charge is 1.94. The van der Waals surface area contributed by atoms with E-state index in [9.17, 15) is 0 Å². The predicted octanol–water partition coefficient (Wildman–Crippen LogP) is 4.66. The number of hydrogen-bond acceptors (Lipinski definition) is 1. The Bertz CT molecular complexity index is 361. The lowest BCUT2D eigenvalue weighted by Crippen LogP contribution is -1.89. The first-order valence-corrected chi connectivity index (χ1v) is 5.45. The lowest BCUT2D eigenvalue weighted by Gasteiger charge is -2.04. The summed E-state index contributed by atoms with van der Waals surface area (Å²) in [4.78, 5) is 0. The summed E-state index contributed by atoms with van der Waals surface area (Å²) >= 11 is 0. The molecule has 0 aliphatic heterocycles. The van der Waals surface area contributed by atoms with Crippen LogP contribution in [0.5, 0.6) is 5.75 Å². The van der Waals surface area contributed by atoms with Crippen molar-refractivity contribution in [2.24, 2.45) is 0 Å². The summed E-state index contributed by atoms with van der Waals surface area (Å²) in [6, 6.07) is 7.84. The Labute approximate surface area is 98.8 Å². The lowest BCUT2D eigenvalue weighted by atomic mass is 10.2. The number of ether oxygens (including phenoxy) is 1. The van der Waals surface area contributed by atoms with Crippen molar-refractivity contribution in [3.05, 3.63) is 67.0 Å². The molecular weight excluding hydrogens is 196 g/mol. The van der Waals surface area contributed by atoms with Gasteiger partial charge in [-0.25, -0.2) is 0 Å². The highest BCUT2D eigenvalue weighted by molar-refractivity contribution is 5.30. The van der Waals surface area contributed by atoms with Crippen LogP contribution in [-0.4, -0.2) is 0 Å². The van der Waals surface area contributed by atoms with Crippen LogP contribution in [0.25, 0.3) is 0 Å². The summed E-state index contributed by atoms with van der Waals surface area (Å²) in [5.41, 5.74) is 1.17. The van der Waals surface area contributed by atoms with E-state index in [0.29, 0.717) is 5.76 Å². The largest absolute Gasteiger partial charge is 0.458 e. The molecule has 0 N–H and O–H groups in total. The van der Waals surface area contributed by atoms with Gasteiger partial charge in [-0.2, -0.15) is 0 Å². The molecule has 0 radical (unpaired) electrons. The third kappa shape index (κ3) is 5.86. The van der Waals surface area contributed by atoms with Gasteiger partial charge in [-0.15, -0.1) is 0 Å². The van der Waals surface area contributed by atoms with Crippen molar-refractivity contribution < 1.29 is 4.74 Å². The highest BCUT2D eigenvalue weighted by Crippen LogP contribution is 2.15. The number of aryl methyl sites for hydroxylation is 1. The summed E-state index contributed by atoms with van der Waals surface area (Å²) in [5.74, 6) is 1.42. The summed E-state index contributed by atoms with van der Waals surface area (Å²) in [6.07, 6.45) is 5.25. The van der Waals surface area contributed by atoms with E-state index in [1.165, 1.54) is 5.56 Å². The van der Waals surface area contributed by atoms with E-state index in [1.54, 1.807) is 18.2 Å². The van der Waals surface area contributed by atoms with E-state index in [4.69, 9.17) is 4.74 Å². The first-order chi connectivity index (χ1) is 7.72. The second-order valence-electron chi connectivity index (χ2n) is 2.98. The molecular formula is C15H20O. The van der Waals surface area contributed by atoms with Crippen LogP contribution in [0.2, 0.25) is 0 Å². The fourth-order valence-corrected chi connectivity index (χ4v) is 1.04. The van der Waals surface area contributed by atoms with Gasteiger partial charge in [0.25, 0.3) is 0 Å². The molecule has 0 aliphatic carbocycles. The van der Waals surface area contributed by atoms with Crippen LogP contribution in [0.4, 0.5) is 0 Å². The van der Waals surface area contributed by atoms with Gasteiger partial charge in [-0.05, 0) is 30.7 Å². The topological polar surface area (TPSA) is 9.23 Å². The summed E-state index contributed by atoms with van der Waals surface area (Å²) in [6.45, 7) is 13.4. The minimum Gasteiger partial charge on any atom is -0.458 e. The smallest absolute Gasteiger partial charge is 0.127 e. The van der Waals surface area contributed by atoms with Crippen molar-refractivity contribution in [2.45, 2.75) is 20.8 Å². The molecule has 0 fully saturated rings. The Hall–Kier alpha value is -1.76. The van der Waals surface area contributed by atoms with Crippen LogP contribution < -0.4 is 4.74 Å². The van der Waals surface area contributed by atoms with Crippen molar-refractivity contribution in [3.8, 4) is 5.75 Å². The summed E-state index contributed by atoms with van der Waals surface area (Å²) in [7, 11) is 0. The summed E-state index contributed by atoms with van der Waals surface area (Å²) < 4.78 is 5.47. The minimum atomic E-state index is 0.607. The molecule has 0 amide bonds. The lowest BCUT2D eigenvalue weighted by molar-refractivity contribution is 0.446. The van der Waals surface area contributed by atoms with Crippen LogP contribution in [0.3, 0.4) is 0 Å². The van der Waals surface area contributed by atoms with Crippen molar-refractivity contribution in [1.29, 1.82) is 0 Å². The molecule has 1 aromatic rings. The first-order valence-electron chi connectivity index (χ1n) is 5.45. The molecule has 1 nitrogen and oxygen atoms in total. The van der Waals surface area contributed by atoms with Gasteiger partial charge in [0.2, 0.25) is 0 Å². The highest BCUT2D eigenvalue weighted by atomic mass is 16.5. The quantitative estimate of drug-likeness (QED) is 0.525. The van der Waals surface area contributed by atoms with Crippen molar-refractivity contribution >= 4 is 0 Å². The maximum absolute atomic E-state index is 5.47. The van der Waals surface area contributed by atoms with Gasteiger partial charge in [0.1, 0.15) is 11.5 Å². The number of hydrogen-bond donors (Lipinski definition) is 0. The molecule has 16 heavy (non-hydrogen) atoms. The van der Waals surface area contributed by atoms with Gasteiger partial charge < -0.3 is 4.74 Å². The van der Waals surface area contributed by atoms with E-state index in [0.717, 1.165) is 5.75 Å². The van der Waals surface area contributed by atoms with Crippen molar-refractivity contribution in [2.75, 3.05) is 0 Å². The van der Waals surface area contributed by atoms with E-state index in [1.807, 2.05) is 45.0 Å². The van der Waals surface area contributed by atoms with Gasteiger partial charge >= 0.3 is 0 Å². The molecule has 86 valence electrons. The molecule has 0 saturated heterocycles. The maximum Gasteiger partial charge on any atom is 0.127 e. The molecule has 0 aliphatic rings. The Morgan fingerprint density at radius 1 is 1.31 bits per heavy atom. The monoisotopic (exact) mass is 216 g/mol. The van der Waals surface area contributed by atoms with Gasteiger partial charge in [0, 0.05) is 0 Å². The van der Waals surface area contributed by atoms with Gasteiger partial charge in [-0.1, -0.05) is 51.3 Å². The predicted molar refractivity (Wildman–Crippen MR) is 71.6 cm³/mol. The zero-order valence-corrected chi connectivity index (χ0v) is 10.4. The molecule has 1 rings (SSSR count). The Balaban J connectivity index is 0.00000106. The van der Waals surface area contributed by atoms with Crippen LogP contribution in [0.1, 0.15) is 19.4 Å². The number of rotatable bonds is 4. The molecule has 0 spiro atoms. The second kappa shape index (κ2) is 8.54. The molecule has 0 bridgehead atoms. The molecule has 1 heteroatoms. The zero-order chi connectivity index (χ0) is 12.4. The van der Waals surface area contributed by atoms with Crippen molar-refractivity contribution in [3.63, 3.8) is 0 Å². The Morgan fingerprint density at radius 3 is 2.56 bits per heavy atom. The average molecular weight is 216 g/mol. The molecule has 0 atom stereocenters. The maximum atomic E-state index is 5.47. The standard InChI is InChI=1S/C13H14O.C2H6/c1-4-5-8-12(3)14-13-9-6-7-11(2)10-13;1-2/h4-10H,1,3H2,2H3;1-2H3/b8-5-;. The van der Waals surface area contributed by atoms with Gasteiger partial charge in [-0.3, -0.25) is 0 Å². The first kappa shape index (κ1) is 14.2. The summed E-state index contributed by atoms with van der Waals surface area (Å²) in [5, 5.41) is 0. The Kier molecular flexibility index (Phi) is 7.60. The van der Waals surface area contributed by atoms with E-state index in [2.05, 4.69) is 13.2 Å². The third-order valence-electron chi connectivity index (χ3n) is 1.66. The average Bonchev–Trinajstić information content (AvgIpc) is 2.29. The number of benzene rings is 1. The zero-order valence-electron chi connectivity index (χ0n) is 10.4. The second-order valence-corrected chi connectivity index (χ2v) is 2.98. The van der Waals surface area contributed by atoms with Crippen LogP contribution >= 0.6 is 0 Å². The molecule has 1 aromatic carbocycles. The molecule has 0 saturated carbocycles. The van der Waals surface area contributed by atoms with Crippen molar-refractivity contribution in [1.82, 2.24) is 0 Å². The fourth-order valence-electron chi connectivity index (χ4n) is 1.04. The SMILES string of the molecule is C=C/C=C\C(=C)Oc1cccc(C)c1.CC. The Morgan fingerprint density at radius 2 is 2.00 bits per heavy atom. The van der Waals surface area contributed by atoms with Crippen LogP contribution in [0.15, 0.2) is 61.4 Å². The van der Waals surface area contributed by atoms with Crippen LogP contribution in [-0.2, 0) is 0 Å². The fraction of sp³-hybridized carbons (Fsp3) is 0.200. The normalized spacial score (nSPS) is 9.19. The van der Waals surface area contributed by atoms with Gasteiger partial charge in [0.15, 0.2) is 0 Å². The van der Waals surface area contributed by atoms with E-state index in [-0.39, 0.29) is 0 Å². The van der Waals surface area contributed by atoms with E-state index >= 15 is 0 Å². The molecule has 0 aromatic heterocycles. The molecule has 0 heterocycles. The number of allylic oxidation sites excluding steroid dienone is 3. The minimum absolute atomic E-state index is 0.607. The third-order valence-corrected chi connectivity index (χ3v) is 1.66. The van der Waals surface area contributed by atoms with Gasteiger partial charge in [0.05, 0.1) is 0 Å². The van der Waals surface area contributed by atoms with E-state index < -0.39 is 0 Å².